The lowest BCUT2D eigenvalue weighted by molar-refractivity contribution is 0.918. The van der Waals surface area contributed by atoms with Gasteiger partial charge in [-0.2, -0.15) is 0 Å². The summed E-state index contributed by atoms with van der Waals surface area (Å²) in [5.41, 5.74) is 7.99. The van der Waals surface area contributed by atoms with Crippen molar-refractivity contribution in [3.63, 3.8) is 0 Å². The molecule has 2 aromatic rings. The van der Waals surface area contributed by atoms with Crippen LogP contribution in [-0.4, -0.2) is 4.98 Å². The van der Waals surface area contributed by atoms with Crippen LogP contribution in [0.15, 0.2) is 24.3 Å². The summed E-state index contributed by atoms with van der Waals surface area (Å²) in [6, 6.07) is 7.93. The van der Waals surface area contributed by atoms with Gasteiger partial charge in [0.2, 0.25) is 0 Å². The standard InChI is InChI=1S/C12H13ClN2S/c1-8-11(15-12(14)16-8)6-5-9-3-2-4-10(13)7-9/h2-4,7H,5-6H2,1H3,(H2,14,15). The summed E-state index contributed by atoms with van der Waals surface area (Å²) >= 11 is 7.48. The second kappa shape index (κ2) is 4.85. The van der Waals surface area contributed by atoms with Crippen LogP contribution in [0.4, 0.5) is 5.13 Å². The predicted octanol–water partition coefficient (Wildman–Crippen LogP) is 3.47. The van der Waals surface area contributed by atoms with E-state index < -0.39 is 0 Å². The quantitative estimate of drug-likeness (QED) is 0.909. The Balaban J connectivity index is 2.05. The van der Waals surface area contributed by atoms with E-state index in [1.807, 2.05) is 18.2 Å². The third kappa shape index (κ3) is 2.74. The summed E-state index contributed by atoms with van der Waals surface area (Å²) in [5.74, 6) is 0. The molecule has 4 heteroatoms. The number of nitrogens with two attached hydrogens (primary N) is 1. The van der Waals surface area contributed by atoms with Crippen LogP contribution in [0.3, 0.4) is 0 Å². The zero-order valence-corrected chi connectivity index (χ0v) is 10.6. The van der Waals surface area contributed by atoms with Crippen molar-refractivity contribution in [3.8, 4) is 0 Å². The van der Waals surface area contributed by atoms with Gasteiger partial charge in [0.05, 0.1) is 5.69 Å². The molecule has 0 atom stereocenters. The molecule has 1 heterocycles. The zero-order valence-electron chi connectivity index (χ0n) is 9.03. The smallest absolute Gasteiger partial charge is 0.180 e. The van der Waals surface area contributed by atoms with Gasteiger partial charge in [0.25, 0.3) is 0 Å². The van der Waals surface area contributed by atoms with Crippen molar-refractivity contribution in [1.82, 2.24) is 4.98 Å². The van der Waals surface area contributed by atoms with Gasteiger partial charge in [0.1, 0.15) is 0 Å². The number of aryl methyl sites for hydroxylation is 3. The molecule has 1 aromatic carbocycles. The van der Waals surface area contributed by atoms with Crippen molar-refractivity contribution in [2.24, 2.45) is 0 Å². The Morgan fingerprint density at radius 1 is 1.38 bits per heavy atom. The molecule has 0 aliphatic rings. The normalized spacial score (nSPS) is 10.6. The predicted molar refractivity (Wildman–Crippen MR) is 70.1 cm³/mol. The first-order chi connectivity index (χ1) is 7.65. The summed E-state index contributed by atoms with van der Waals surface area (Å²) < 4.78 is 0. The summed E-state index contributed by atoms with van der Waals surface area (Å²) in [6.45, 7) is 2.06. The molecule has 0 unspecified atom stereocenters. The highest BCUT2D eigenvalue weighted by Gasteiger charge is 2.05. The van der Waals surface area contributed by atoms with Gasteiger partial charge < -0.3 is 5.73 Å². The third-order valence-electron chi connectivity index (χ3n) is 2.45. The van der Waals surface area contributed by atoms with E-state index in [-0.39, 0.29) is 0 Å². The van der Waals surface area contributed by atoms with Gasteiger partial charge in [-0.3, -0.25) is 0 Å². The maximum absolute atomic E-state index is 5.93. The number of thiazole rings is 1. The average molecular weight is 253 g/mol. The van der Waals surface area contributed by atoms with E-state index in [4.69, 9.17) is 17.3 Å². The van der Waals surface area contributed by atoms with E-state index >= 15 is 0 Å². The number of hydrogen-bond donors (Lipinski definition) is 1. The number of aromatic nitrogens is 1. The molecule has 2 N–H and O–H groups in total. The van der Waals surface area contributed by atoms with Gasteiger partial charge in [0.15, 0.2) is 5.13 Å². The number of nitrogens with zero attached hydrogens (tertiary/aromatic N) is 1. The van der Waals surface area contributed by atoms with Crippen LogP contribution in [-0.2, 0) is 12.8 Å². The van der Waals surface area contributed by atoms with Crippen LogP contribution in [0.2, 0.25) is 5.02 Å². The van der Waals surface area contributed by atoms with Crippen molar-refractivity contribution >= 4 is 28.1 Å². The molecule has 0 saturated carbocycles. The van der Waals surface area contributed by atoms with E-state index in [0.29, 0.717) is 5.13 Å². The van der Waals surface area contributed by atoms with Gasteiger partial charge in [-0.05, 0) is 37.5 Å². The molecule has 0 amide bonds. The van der Waals surface area contributed by atoms with Gasteiger partial charge >= 0.3 is 0 Å². The lowest BCUT2D eigenvalue weighted by Gasteiger charge is -2.00. The minimum Gasteiger partial charge on any atom is -0.375 e. The first kappa shape index (κ1) is 11.4. The van der Waals surface area contributed by atoms with Gasteiger partial charge in [-0.1, -0.05) is 23.7 Å². The fourth-order valence-corrected chi connectivity index (χ4v) is 2.59. The molecule has 0 aliphatic heterocycles. The first-order valence-corrected chi connectivity index (χ1v) is 6.31. The molecule has 0 saturated heterocycles. The van der Waals surface area contributed by atoms with E-state index in [1.54, 1.807) is 11.3 Å². The minimum atomic E-state index is 0.651. The summed E-state index contributed by atoms with van der Waals surface area (Å²) in [7, 11) is 0. The van der Waals surface area contributed by atoms with Crippen LogP contribution in [0.5, 0.6) is 0 Å². The van der Waals surface area contributed by atoms with Crippen molar-refractivity contribution in [1.29, 1.82) is 0 Å². The SMILES string of the molecule is Cc1sc(N)nc1CCc1cccc(Cl)c1. The second-order valence-electron chi connectivity index (χ2n) is 3.68. The van der Waals surface area contributed by atoms with Gasteiger partial charge in [-0.15, -0.1) is 11.3 Å². The fraction of sp³-hybridized carbons (Fsp3) is 0.250. The highest BCUT2D eigenvalue weighted by atomic mass is 35.5. The Kier molecular flexibility index (Phi) is 3.46. The Morgan fingerprint density at radius 2 is 2.19 bits per heavy atom. The number of rotatable bonds is 3. The molecule has 0 bridgehead atoms. The molecule has 0 radical (unpaired) electrons. The summed E-state index contributed by atoms with van der Waals surface area (Å²) in [4.78, 5) is 5.52. The number of benzene rings is 1. The second-order valence-corrected chi connectivity index (χ2v) is 5.36. The molecule has 2 rings (SSSR count). The monoisotopic (exact) mass is 252 g/mol. The van der Waals surface area contributed by atoms with Crippen LogP contribution >= 0.6 is 22.9 Å². The Bertz CT molecular complexity index is 494. The van der Waals surface area contributed by atoms with Crippen molar-refractivity contribution in [3.05, 3.63) is 45.4 Å². The zero-order chi connectivity index (χ0) is 11.5. The molecular weight excluding hydrogens is 240 g/mol. The molecule has 84 valence electrons. The van der Waals surface area contributed by atoms with Gasteiger partial charge in [-0.25, -0.2) is 4.98 Å². The Morgan fingerprint density at radius 3 is 2.81 bits per heavy atom. The van der Waals surface area contributed by atoms with Gasteiger partial charge in [0, 0.05) is 9.90 Å². The van der Waals surface area contributed by atoms with Crippen LogP contribution in [0.25, 0.3) is 0 Å². The molecule has 2 nitrogen and oxygen atoms in total. The molecular formula is C12H13ClN2S. The first-order valence-electron chi connectivity index (χ1n) is 5.11. The number of nitrogen functional groups attached to an aromatic ring is 1. The van der Waals surface area contributed by atoms with Crippen molar-refractivity contribution in [2.45, 2.75) is 19.8 Å². The molecule has 0 fully saturated rings. The largest absolute Gasteiger partial charge is 0.375 e. The number of anilines is 1. The lowest BCUT2D eigenvalue weighted by atomic mass is 10.1. The molecule has 0 aliphatic carbocycles. The molecule has 1 aromatic heterocycles. The van der Waals surface area contributed by atoms with Crippen LogP contribution in [0, 0.1) is 6.92 Å². The Hall–Kier alpha value is -1.06. The number of halogens is 1. The van der Waals surface area contributed by atoms with E-state index in [0.717, 1.165) is 23.6 Å². The minimum absolute atomic E-state index is 0.651. The van der Waals surface area contributed by atoms with Crippen molar-refractivity contribution in [2.75, 3.05) is 5.73 Å². The van der Waals surface area contributed by atoms with E-state index in [2.05, 4.69) is 18.0 Å². The van der Waals surface area contributed by atoms with E-state index in [1.165, 1.54) is 10.4 Å². The highest BCUT2D eigenvalue weighted by Crippen LogP contribution is 2.21. The highest BCUT2D eigenvalue weighted by molar-refractivity contribution is 7.15. The average Bonchev–Trinajstić information content (AvgIpc) is 2.54. The third-order valence-corrected chi connectivity index (χ3v) is 3.53. The maximum Gasteiger partial charge on any atom is 0.180 e. The Labute approximate surface area is 104 Å². The van der Waals surface area contributed by atoms with Crippen molar-refractivity contribution < 1.29 is 0 Å². The van der Waals surface area contributed by atoms with Crippen LogP contribution in [0.1, 0.15) is 16.1 Å². The fourth-order valence-electron chi connectivity index (χ4n) is 1.64. The van der Waals surface area contributed by atoms with Crippen LogP contribution < -0.4 is 5.73 Å². The lowest BCUT2D eigenvalue weighted by Crippen LogP contribution is -1.94. The summed E-state index contributed by atoms with van der Waals surface area (Å²) in [5, 5.41) is 1.44. The van der Waals surface area contributed by atoms with E-state index in [9.17, 15) is 0 Å². The number of hydrogen-bond acceptors (Lipinski definition) is 3. The molecule has 0 spiro atoms. The topological polar surface area (TPSA) is 38.9 Å². The maximum atomic E-state index is 5.93. The summed E-state index contributed by atoms with van der Waals surface area (Å²) in [6.07, 6.45) is 1.87. The molecule has 16 heavy (non-hydrogen) atoms.